The summed E-state index contributed by atoms with van der Waals surface area (Å²) in [5.41, 5.74) is 1.57. The van der Waals surface area contributed by atoms with E-state index in [1.165, 1.54) is 12.1 Å². The summed E-state index contributed by atoms with van der Waals surface area (Å²) in [6.07, 6.45) is 1.37. The van der Waals surface area contributed by atoms with Crippen molar-refractivity contribution in [2.24, 2.45) is 5.41 Å². The quantitative estimate of drug-likeness (QED) is 0.617. The number of ketones is 1. The van der Waals surface area contributed by atoms with E-state index in [0.29, 0.717) is 12.0 Å². The topological polar surface area (TPSA) is 17.1 Å². The number of benzene rings is 1. The van der Waals surface area contributed by atoms with E-state index in [0.717, 1.165) is 12.0 Å². The number of carbonyl (C=O) groups is 1. The Bertz CT molecular complexity index is 393. The van der Waals surface area contributed by atoms with Gasteiger partial charge in [0, 0.05) is 12.0 Å². The Balaban J connectivity index is 2.50. The second-order valence-corrected chi connectivity index (χ2v) is 4.74. The standard InChI is InChI=1S/C12H13FO/c1-12(2)6-8-3-4-9(13)5-10(8)11(14)7-12/h3-5H,6-7H2,1-2H3. The van der Waals surface area contributed by atoms with E-state index in [-0.39, 0.29) is 17.0 Å². The van der Waals surface area contributed by atoms with Crippen molar-refractivity contribution >= 4 is 5.78 Å². The Morgan fingerprint density at radius 2 is 2.00 bits per heavy atom. The zero-order chi connectivity index (χ0) is 10.3. The number of Topliss-reactive ketones (excluding diaryl/α,β-unsaturated/α-hetero) is 1. The number of hydrogen-bond acceptors (Lipinski definition) is 1. The number of fused-ring (bicyclic) bond motifs is 1. The van der Waals surface area contributed by atoms with Crippen LogP contribution in [0.25, 0.3) is 0 Å². The number of carbonyl (C=O) groups excluding carboxylic acids is 1. The first-order chi connectivity index (χ1) is 6.48. The molecule has 0 aliphatic heterocycles. The van der Waals surface area contributed by atoms with E-state index >= 15 is 0 Å². The van der Waals surface area contributed by atoms with Gasteiger partial charge in [-0.3, -0.25) is 4.79 Å². The number of halogens is 1. The third-order valence-corrected chi connectivity index (χ3v) is 2.68. The lowest BCUT2D eigenvalue weighted by Gasteiger charge is -2.29. The molecular weight excluding hydrogens is 179 g/mol. The van der Waals surface area contributed by atoms with Gasteiger partial charge in [0.05, 0.1) is 0 Å². The monoisotopic (exact) mass is 192 g/mol. The molecule has 74 valence electrons. The molecule has 0 radical (unpaired) electrons. The molecular formula is C12H13FO. The number of rotatable bonds is 0. The van der Waals surface area contributed by atoms with E-state index in [4.69, 9.17) is 0 Å². The van der Waals surface area contributed by atoms with Gasteiger partial charge in [0.2, 0.25) is 0 Å². The summed E-state index contributed by atoms with van der Waals surface area (Å²) in [6.45, 7) is 4.13. The molecule has 0 atom stereocenters. The number of hydrogen-bond donors (Lipinski definition) is 0. The molecule has 0 amide bonds. The van der Waals surface area contributed by atoms with Gasteiger partial charge in [-0.15, -0.1) is 0 Å². The zero-order valence-corrected chi connectivity index (χ0v) is 8.43. The van der Waals surface area contributed by atoms with Gasteiger partial charge in [-0.25, -0.2) is 4.39 Å². The maximum Gasteiger partial charge on any atom is 0.163 e. The lowest BCUT2D eigenvalue weighted by molar-refractivity contribution is 0.0912. The van der Waals surface area contributed by atoms with Crippen molar-refractivity contribution in [3.63, 3.8) is 0 Å². The Morgan fingerprint density at radius 3 is 2.71 bits per heavy atom. The van der Waals surface area contributed by atoms with Crippen LogP contribution in [-0.4, -0.2) is 5.78 Å². The first-order valence-corrected chi connectivity index (χ1v) is 4.80. The molecule has 2 rings (SSSR count). The average Bonchev–Trinajstić information content (AvgIpc) is 2.05. The summed E-state index contributed by atoms with van der Waals surface area (Å²) >= 11 is 0. The maximum absolute atomic E-state index is 12.9. The average molecular weight is 192 g/mol. The van der Waals surface area contributed by atoms with Crippen LogP contribution >= 0.6 is 0 Å². The summed E-state index contributed by atoms with van der Waals surface area (Å²) in [5.74, 6) is -0.257. The molecule has 0 N–H and O–H groups in total. The van der Waals surface area contributed by atoms with Crippen molar-refractivity contribution in [2.75, 3.05) is 0 Å². The van der Waals surface area contributed by atoms with E-state index in [9.17, 15) is 9.18 Å². The largest absolute Gasteiger partial charge is 0.294 e. The summed E-state index contributed by atoms with van der Waals surface area (Å²) in [5, 5.41) is 0. The molecule has 1 aliphatic carbocycles. The highest BCUT2D eigenvalue weighted by Gasteiger charge is 2.30. The fourth-order valence-electron chi connectivity index (χ4n) is 2.07. The van der Waals surface area contributed by atoms with Crippen LogP contribution in [-0.2, 0) is 6.42 Å². The molecule has 0 saturated heterocycles. The first kappa shape index (κ1) is 9.38. The second-order valence-electron chi connectivity index (χ2n) is 4.74. The molecule has 0 spiro atoms. The van der Waals surface area contributed by atoms with Crippen molar-refractivity contribution in [3.8, 4) is 0 Å². The minimum Gasteiger partial charge on any atom is -0.294 e. The Morgan fingerprint density at radius 1 is 1.29 bits per heavy atom. The van der Waals surface area contributed by atoms with Crippen LogP contribution in [0.4, 0.5) is 4.39 Å². The zero-order valence-electron chi connectivity index (χ0n) is 8.43. The minimum atomic E-state index is -0.322. The van der Waals surface area contributed by atoms with Gasteiger partial charge >= 0.3 is 0 Å². The highest BCUT2D eigenvalue weighted by molar-refractivity contribution is 5.99. The molecule has 0 aromatic heterocycles. The predicted octanol–water partition coefficient (Wildman–Crippen LogP) is 2.98. The van der Waals surface area contributed by atoms with Gasteiger partial charge in [-0.1, -0.05) is 19.9 Å². The van der Waals surface area contributed by atoms with Crippen LogP contribution in [0.2, 0.25) is 0 Å². The second kappa shape index (κ2) is 2.91. The van der Waals surface area contributed by atoms with Gasteiger partial charge in [-0.2, -0.15) is 0 Å². The lowest BCUT2D eigenvalue weighted by Crippen LogP contribution is -2.26. The highest BCUT2D eigenvalue weighted by atomic mass is 19.1. The van der Waals surface area contributed by atoms with Crippen LogP contribution in [0.5, 0.6) is 0 Å². The molecule has 14 heavy (non-hydrogen) atoms. The SMILES string of the molecule is CC1(C)CC(=O)c2cc(F)ccc2C1. The maximum atomic E-state index is 12.9. The highest BCUT2D eigenvalue weighted by Crippen LogP contribution is 2.34. The third-order valence-electron chi connectivity index (χ3n) is 2.68. The Labute approximate surface area is 82.9 Å². The first-order valence-electron chi connectivity index (χ1n) is 4.80. The van der Waals surface area contributed by atoms with Crippen LogP contribution in [0.1, 0.15) is 36.2 Å². The van der Waals surface area contributed by atoms with Crippen molar-refractivity contribution in [2.45, 2.75) is 26.7 Å². The van der Waals surface area contributed by atoms with Crippen LogP contribution in [0.15, 0.2) is 18.2 Å². The molecule has 2 heteroatoms. The molecule has 1 aromatic carbocycles. The van der Waals surface area contributed by atoms with Crippen molar-refractivity contribution < 1.29 is 9.18 Å². The van der Waals surface area contributed by atoms with Gasteiger partial charge in [0.25, 0.3) is 0 Å². The van der Waals surface area contributed by atoms with E-state index < -0.39 is 0 Å². The van der Waals surface area contributed by atoms with Crippen LogP contribution in [0.3, 0.4) is 0 Å². The predicted molar refractivity (Wildman–Crippen MR) is 52.8 cm³/mol. The van der Waals surface area contributed by atoms with Crippen LogP contribution < -0.4 is 0 Å². The van der Waals surface area contributed by atoms with E-state index in [1.54, 1.807) is 6.07 Å². The van der Waals surface area contributed by atoms with E-state index in [1.807, 2.05) is 0 Å². The van der Waals surface area contributed by atoms with Crippen LogP contribution in [0, 0.1) is 11.2 Å². The summed E-state index contributed by atoms with van der Waals surface area (Å²) in [6, 6.07) is 4.50. The molecule has 0 bridgehead atoms. The molecule has 0 unspecified atom stereocenters. The van der Waals surface area contributed by atoms with Gasteiger partial charge < -0.3 is 0 Å². The smallest absolute Gasteiger partial charge is 0.163 e. The molecule has 1 aromatic rings. The van der Waals surface area contributed by atoms with Crippen molar-refractivity contribution in [1.29, 1.82) is 0 Å². The lowest BCUT2D eigenvalue weighted by atomic mass is 9.74. The fraction of sp³-hybridized carbons (Fsp3) is 0.417. The van der Waals surface area contributed by atoms with Gasteiger partial charge in [0.15, 0.2) is 5.78 Å². The van der Waals surface area contributed by atoms with Crippen molar-refractivity contribution in [3.05, 3.63) is 35.1 Å². The third kappa shape index (κ3) is 1.57. The summed E-state index contributed by atoms with van der Waals surface area (Å²) in [4.78, 5) is 11.7. The summed E-state index contributed by atoms with van der Waals surface area (Å²) < 4.78 is 12.9. The Kier molecular flexibility index (Phi) is 1.95. The van der Waals surface area contributed by atoms with Gasteiger partial charge in [-0.05, 0) is 29.5 Å². The summed E-state index contributed by atoms with van der Waals surface area (Å²) in [7, 11) is 0. The Hall–Kier alpha value is -1.18. The van der Waals surface area contributed by atoms with Gasteiger partial charge in [0.1, 0.15) is 5.82 Å². The van der Waals surface area contributed by atoms with Crippen molar-refractivity contribution in [1.82, 2.24) is 0 Å². The van der Waals surface area contributed by atoms with E-state index in [2.05, 4.69) is 13.8 Å². The molecule has 0 fully saturated rings. The normalized spacial score (nSPS) is 19.2. The molecule has 0 saturated carbocycles. The molecule has 0 heterocycles. The minimum absolute atomic E-state index is 0.0158. The molecule has 1 nitrogen and oxygen atoms in total. The fourth-order valence-corrected chi connectivity index (χ4v) is 2.07. The molecule has 1 aliphatic rings.